The average molecular weight is 375 g/mol. The van der Waals surface area contributed by atoms with E-state index in [-0.39, 0.29) is 24.2 Å². The van der Waals surface area contributed by atoms with Crippen molar-refractivity contribution in [2.45, 2.75) is 77.0 Å². The summed E-state index contributed by atoms with van der Waals surface area (Å²) in [6.45, 7) is 1.84. The van der Waals surface area contributed by atoms with Crippen molar-refractivity contribution < 1.29 is 4.79 Å². The van der Waals surface area contributed by atoms with E-state index in [1.807, 2.05) is 0 Å². The van der Waals surface area contributed by atoms with E-state index in [0.717, 1.165) is 25.9 Å². The van der Waals surface area contributed by atoms with Crippen LogP contribution < -0.4 is 0 Å². The summed E-state index contributed by atoms with van der Waals surface area (Å²) in [4.78, 5) is 17.6. The van der Waals surface area contributed by atoms with Gasteiger partial charge in [-0.2, -0.15) is 0 Å². The summed E-state index contributed by atoms with van der Waals surface area (Å²) < 4.78 is 0. The highest BCUT2D eigenvalue weighted by molar-refractivity contribution is 5.85. The lowest BCUT2D eigenvalue weighted by Gasteiger charge is -2.27. The Morgan fingerprint density at radius 1 is 0.640 bits per heavy atom. The molecule has 0 N–H and O–H groups in total. The Hall–Kier alpha value is -0.120. The van der Waals surface area contributed by atoms with Crippen LogP contribution in [0, 0.1) is 11.8 Å². The highest BCUT2D eigenvalue weighted by Crippen LogP contribution is 2.23. The lowest BCUT2D eigenvalue weighted by molar-refractivity contribution is -0.128. The molecule has 0 aromatic heterocycles. The predicted molar refractivity (Wildman–Crippen MR) is 112 cm³/mol. The summed E-state index contributed by atoms with van der Waals surface area (Å²) in [6, 6.07) is 0. The third-order valence-corrected chi connectivity index (χ3v) is 5.33. The fourth-order valence-electron chi connectivity index (χ4n) is 4.06. The van der Waals surface area contributed by atoms with Gasteiger partial charge in [-0.15, -0.1) is 12.4 Å². The predicted octanol–water partition coefficient (Wildman–Crippen LogP) is 5.03. The quantitative estimate of drug-likeness (QED) is 0.689. The van der Waals surface area contributed by atoms with Gasteiger partial charge in [0.25, 0.3) is 0 Å². The van der Waals surface area contributed by atoms with Gasteiger partial charge in [-0.25, -0.2) is 0 Å². The van der Waals surface area contributed by atoms with Gasteiger partial charge in [-0.05, 0) is 41.0 Å². The minimum absolute atomic E-state index is 0. The normalized spacial score (nSPS) is 25.3. The molecule has 150 valence electrons. The molecule has 1 aliphatic carbocycles. The van der Waals surface area contributed by atoms with Gasteiger partial charge < -0.3 is 9.80 Å². The zero-order valence-corrected chi connectivity index (χ0v) is 18.1. The highest BCUT2D eigenvalue weighted by Gasteiger charge is 2.27. The van der Waals surface area contributed by atoms with Crippen molar-refractivity contribution in [3.63, 3.8) is 0 Å². The van der Waals surface area contributed by atoms with Crippen LogP contribution in [0.1, 0.15) is 77.0 Å². The molecule has 4 heteroatoms. The van der Waals surface area contributed by atoms with Gasteiger partial charge in [0.1, 0.15) is 5.78 Å². The number of hydrogen-bond donors (Lipinski definition) is 0. The van der Waals surface area contributed by atoms with Crippen molar-refractivity contribution in [1.29, 1.82) is 0 Å². The van der Waals surface area contributed by atoms with E-state index in [1.54, 1.807) is 0 Å². The minimum Gasteiger partial charge on any atom is -0.309 e. The van der Waals surface area contributed by atoms with Gasteiger partial charge in [-0.3, -0.25) is 4.79 Å². The fourth-order valence-corrected chi connectivity index (χ4v) is 4.06. The number of ketones is 1. The molecule has 1 aliphatic rings. The number of carbonyl (C=O) groups excluding carboxylic acids is 1. The number of hydrogen-bond acceptors (Lipinski definition) is 3. The van der Waals surface area contributed by atoms with Crippen LogP contribution >= 0.6 is 12.4 Å². The smallest absolute Gasteiger partial charge is 0.141 e. The first-order valence-corrected chi connectivity index (χ1v) is 10.3. The van der Waals surface area contributed by atoms with Gasteiger partial charge in [0.15, 0.2) is 0 Å². The maximum absolute atomic E-state index is 13.2. The molecule has 1 fully saturated rings. The van der Waals surface area contributed by atoms with Gasteiger partial charge in [-0.1, -0.05) is 64.2 Å². The number of Topliss-reactive ketones (excluding diaryl/α,β-unsaturated/α-hetero) is 1. The second-order valence-electron chi connectivity index (χ2n) is 8.43. The van der Waals surface area contributed by atoms with Crippen LogP contribution in [0.4, 0.5) is 0 Å². The molecule has 3 nitrogen and oxygen atoms in total. The third-order valence-electron chi connectivity index (χ3n) is 5.33. The Bertz CT molecular complexity index is 304. The first-order chi connectivity index (χ1) is 11.5. The summed E-state index contributed by atoms with van der Waals surface area (Å²) in [5, 5.41) is 0. The van der Waals surface area contributed by atoms with Crippen molar-refractivity contribution in [1.82, 2.24) is 9.80 Å². The summed E-state index contributed by atoms with van der Waals surface area (Å²) in [5.41, 5.74) is 0. The maximum Gasteiger partial charge on any atom is 0.141 e. The fraction of sp³-hybridized carbons (Fsp3) is 0.952. The Labute approximate surface area is 163 Å². The van der Waals surface area contributed by atoms with Crippen molar-refractivity contribution in [2.75, 3.05) is 41.3 Å². The largest absolute Gasteiger partial charge is 0.309 e. The van der Waals surface area contributed by atoms with Gasteiger partial charge in [0.2, 0.25) is 0 Å². The van der Waals surface area contributed by atoms with Gasteiger partial charge >= 0.3 is 0 Å². The van der Waals surface area contributed by atoms with E-state index in [1.165, 1.54) is 64.2 Å². The molecule has 0 aromatic carbocycles. The second-order valence-corrected chi connectivity index (χ2v) is 8.43. The maximum atomic E-state index is 13.2. The van der Waals surface area contributed by atoms with Crippen LogP contribution in [0.25, 0.3) is 0 Å². The lowest BCUT2D eigenvalue weighted by atomic mass is 9.85. The van der Waals surface area contributed by atoms with Crippen molar-refractivity contribution in [3.05, 3.63) is 0 Å². The Kier molecular flexibility index (Phi) is 14.9. The molecule has 0 amide bonds. The molecular weight excluding hydrogens is 332 g/mol. The Morgan fingerprint density at radius 2 is 0.920 bits per heavy atom. The van der Waals surface area contributed by atoms with Gasteiger partial charge in [0.05, 0.1) is 0 Å². The van der Waals surface area contributed by atoms with Crippen molar-refractivity contribution >= 4 is 18.2 Å². The summed E-state index contributed by atoms with van der Waals surface area (Å²) in [7, 11) is 8.40. The molecule has 0 saturated heterocycles. The van der Waals surface area contributed by atoms with Crippen LogP contribution in [0.2, 0.25) is 0 Å². The average Bonchev–Trinajstić information content (AvgIpc) is 2.52. The molecular formula is C21H43ClN2O. The number of halogens is 1. The molecule has 0 bridgehead atoms. The van der Waals surface area contributed by atoms with Crippen molar-refractivity contribution in [3.8, 4) is 0 Å². The summed E-state index contributed by atoms with van der Waals surface area (Å²) in [5.74, 6) is 0.998. The van der Waals surface area contributed by atoms with E-state index < -0.39 is 0 Å². The second kappa shape index (κ2) is 15.0. The lowest BCUT2D eigenvalue weighted by Crippen LogP contribution is -2.36. The van der Waals surface area contributed by atoms with E-state index in [9.17, 15) is 4.79 Å². The molecule has 0 aliphatic heterocycles. The highest BCUT2D eigenvalue weighted by atomic mass is 35.5. The first-order valence-electron chi connectivity index (χ1n) is 10.3. The van der Waals surface area contributed by atoms with E-state index in [4.69, 9.17) is 0 Å². The summed E-state index contributed by atoms with van der Waals surface area (Å²) >= 11 is 0. The number of nitrogens with zero attached hydrogens (tertiary/aromatic N) is 2. The van der Waals surface area contributed by atoms with Crippen LogP contribution in [0.15, 0.2) is 0 Å². The van der Waals surface area contributed by atoms with Crippen molar-refractivity contribution in [2.24, 2.45) is 11.8 Å². The zero-order valence-electron chi connectivity index (χ0n) is 17.3. The Morgan fingerprint density at radius 3 is 1.20 bits per heavy atom. The summed E-state index contributed by atoms with van der Waals surface area (Å²) in [6.07, 6.45) is 15.5. The molecule has 1 rings (SSSR count). The Balaban J connectivity index is 0.00000576. The molecule has 2 unspecified atom stereocenters. The topological polar surface area (TPSA) is 23.6 Å². The van der Waals surface area contributed by atoms with E-state index in [2.05, 4.69) is 38.0 Å². The molecule has 0 radical (unpaired) electrons. The minimum atomic E-state index is 0. The molecule has 1 saturated carbocycles. The molecule has 0 heterocycles. The van der Waals surface area contributed by atoms with Crippen LogP contribution in [-0.2, 0) is 4.79 Å². The monoisotopic (exact) mass is 374 g/mol. The standard InChI is InChI=1S/C21H42N2O.ClH/c1-22(2)17-19-15-13-11-9-7-5-6-8-10-12-14-16-20(21(19)24)18-23(3)4;/h19-20H,5-18H2,1-4H3;1H. The van der Waals surface area contributed by atoms with Crippen LogP contribution in [0.3, 0.4) is 0 Å². The molecule has 2 atom stereocenters. The van der Waals surface area contributed by atoms with Gasteiger partial charge in [0, 0.05) is 24.9 Å². The molecule has 25 heavy (non-hydrogen) atoms. The molecule has 0 aromatic rings. The van der Waals surface area contributed by atoms with E-state index in [0.29, 0.717) is 5.78 Å². The number of rotatable bonds is 4. The van der Waals surface area contributed by atoms with Crippen LogP contribution in [0.5, 0.6) is 0 Å². The van der Waals surface area contributed by atoms with Crippen LogP contribution in [-0.4, -0.2) is 56.9 Å². The van der Waals surface area contributed by atoms with E-state index >= 15 is 0 Å². The zero-order chi connectivity index (χ0) is 17.8. The number of carbonyl (C=O) groups is 1. The molecule has 0 spiro atoms. The third kappa shape index (κ3) is 12.0. The SMILES string of the molecule is CN(C)CC1CCCCCCCCCCCCC(CN(C)C)C1=O.Cl. The first kappa shape index (κ1) is 24.9.